The summed E-state index contributed by atoms with van der Waals surface area (Å²) in [4.78, 5) is 37.8. The van der Waals surface area contributed by atoms with Crippen LogP contribution in [0.1, 0.15) is 30.4 Å². The first-order valence-corrected chi connectivity index (χ1v) is 11.2. The molecule has 1 aliphatic carbocycles. The summed E-state index contributed by atoms with van der Waals surface area (Å²) in [6, 6.07) is 15.7. The Morgan fingerprint density at radius 2 is 1.70 bits per heavy atom. The summed E-state index contributed by atoms with van der Waals surface area (Å²) in [5.41, 5.74) is 4.57. The van der Waals surface area contributed by atoms with Crippen molar-refractivity contribution >= 4 is 18.0 Å². The summed E-state index contributed by atoms with van der Waals surface area (Å²) in [5.74, 6) is -1.96. The largest absolute Gasteiger partial charge is 0.481 e. The quantitative estimate of drug-likeness (QED) is 0.638. The summed E-state index contributed by atoms with van der Waals surface area (Å²) < 4.78 is 10.8. The molecule has 0 saturated carbocycles. The van der Waals surface area contributed by atoms with Crippen molar-refractivity contribution in [2.75, 3.05) is 32.9 Å². The van der Waals surface area contributed by atoms with Gasteiger partial charge in [0.15, 0.2) is 0 Å². The SMILES string of the molecule is CCN(C(=O)CCNC(=O)OCC1c2ccccc2-c2ccccc21)C1COCC1C(=O)O. The second-order valence-corrected chi connectivity index (χ2v) is 8.23. The van der Waals surface area contributed by atoms with E-state index in [4.69, 9.17) is 9.47 Å². The number of alkyl carbamates (subject to hydrolysis) is 1. The molecule has 8 heteroatoms. The summed E-state index contributed by atoms with van der Waals surface area (Å²) in [6.07, 6.45) is -0.527. The number of carbonyl (C=O) groups excluding carboxylic acids is 2. The molecule has 174 valence electrons. The van der Waals surface area contributed by atoms with E-state index in [0.29, 0.717) is 6.54 Å². The van der Waals surface area contributed by atoms with E-state index in [0.717, 1.165) is 22.3 Å². The van der Waals surface area contributed by atoms with Gasteiger partial charge in [0.1, 0.15) is 12.5 Å². The van der Waals surface area contributed by atoms with Crippen LogP contribution >= 0.6 is 0 Å². The molecule has 8 nitrogen and oxygen atoms in total. The van der Waals surface area contributed by atoms with E-state index in [1.165, 1.54) is 4.90 Å². The molecule has 2 aromatic rings. The maximum absolute atomic E-state index is 12.6. The fraction of sp³-hybridized carbons (Fsp3) is 0.400. The molecule has 1 aliphatic heterocycles. The molecule has 2 amide bonds. The maximum Gasteiger partial charge on any atom is 0.407 e. The van der Waals surface area contributed by atoms with Gasteiger partial charge < -0.3 is 24.8 Å². The van der Waals surface area contributed by atoms with Crippen molar-refractivity contribution in [1.82, 2.24) is 10.2 Å². The lowest BCUT2D eigenvalue weighted by atomic mass is 9.98. The fourth-order valence-corrected chi connectivity index (χ4v) is 4.75. The summed E-state index contributed by atoms with van der Waals surface area (Å²) in [7, 11) is 0. The van der Waals surface area contributed by atoms with Crippen molar-refractivity contribution in [1.29, 1.82) is 0 Å². The van der Waals surface area contributed by atoms with Crippen molar-refractivity contribution in [3.63, 3.8) is 0 Å². The first kappa shape index (κ1) is 22.8. The zero-order valence-corrected chi connectivity index (χ0v) is 18.5. The number of carboxylic acids is 1. The molecule has 0 aromatic heterocycles. The Labute approximate surface area is 192 Å². The van der Waals surface area contributed by atoms with E-state index in [-0.39, 0.29) is 44.6 Å². The Bertz CT molecular complexity index is 994. The smallest absolute Gasteiger partial charge is 0.407 e. The van der Waals surface area contributed by atoms with Crippen LogP contribution in [0.3, 0.4) is 0 Å². The molecule has 33 heavy (non-hydrogen) atoms. The molecule has 1 heterocycles. The number of hydrogen-bond donors (Lipinski definition) is 2. The summed E-state index contributed by atoms with van der Waals surface area (Å²) in [6.45, 7) is 2.79. The van der Waals surface area contributed by atoms with Crippen molar-refractivity contribution < 1.29 is 29.0 Å². The molecule has 2 aromatic carbocycles. The topological polar surface area (TPSA) is 105 Å². The number of rotatable bonds is 8. The number of carbonyl (C=O) groups is 3. The Balaban J connectivity index is 1.28. The van der Waals surface area contributed by atoms with Crippen molar-refractivity contribution in [3.05, 3.63) is 59.7 Å². The monoisotopic (exact) mass is 452 g/mol. The van der Waals surface area contributed by atoms with Crippen LogP contribution in [0.2, 0.25) is 0 Å². The van der Waals surface area contributed by atoms with Crippen LogP contribution in [0.5, 0.6) is 0 Å². The zero-order chi connectivity index (χ0) is 23.4. The number of hydrogen-bond acceptors (Lipinski definition) is 5. The van der Waals surface area contributed by atoms with Crippen LogP contribution < -0.4 is 5.32 Å². The predicted octanol–water partition coefficient (Wildman–Crippen LogP) is 2.86. The highest BCUT2D eigenvalue weighted by Gasteiger charge is 2.39. The van der Waals surface area contributed by atoms with Gasteiger partial charge in [-0.15, -0.1) is 0 Å². The lowest BCUT2D eigenvalue weighted by Crippen LogP contribution is -2.47. The van der Waals surface area contributed by atoms with E-state index >= 15 is 0 Å². The Morgan fingerprint density at radius 1 is 1.06 bits per heavy atom. The molecule has 2 atom stereocenters. The number of carboxylic acid groups (broad SMARTS) is 1. The van der Waals surface area contributed by atoms with Gasteiger partial charge in [-0.05, 0) is 29.2 Å². The first-order valence-electron chi connectivity index (χ1n) is 11.2. The minimum Gasteiger partial charge on any atom is -0.481 e. The molecule has 4 rings (SSSR count). The van der Waals surface area contributed by atoms with Crippen molar-refractivity contribution in [3.8, 4) is 11.1 Å². The van der Waals surface area contributed by atoms with Gasteiger partial charge in [0.2, 0.25) is 5.91 Å². The van der Waals surface area contributed by atoms with E-state index in [2.05, 4.69) is 29.6 Å². The van der Waals surface area contributed by atoms with Gasteiger partial charge in [-0.2, -0.15) is 0 Å². The maximum atomic E-state index is 12.6. The highest BCUT2D eigenvalue weighted by Crippen LogP contribution is 2.44. The molecule has 1 fully saturated rings. The van der Waals surface area contributed by atoms with Gasteiger partial charge in [-0.3, -0.25) is 9.59 Å². The van der Waals surface area contributed by atoms with E-state index in [1.54, 1.807) is 6.92 Å². The lowest BCUT2D eigenvalue weighted by molar-refractivity contribution is -0.145. The molecule has 2 aliphatic rings. The highest BCUT2D eigenvalue weighted by atomic mass is 16.5. The second-order valence-electron chi connectivity index (χ2n) is 8.23. The third-order valence-electron chi connectivity index (χ3n) is 6.38. The number of nitrogens with one attached hydrogen (secondary N) is 1. The Hall–Kier alpha value is -3.39. The van der Waals surface area contributed by atoms with Crippen molar-refractivity contribution in [2.24, 2.45) is 5.92 Å². The second kappa shape index (κ2) is 10.0. The van der Waals surface area contributed by atoms with Gasteiger partial charge in [-0.25, -0.2) is 4.79 Å². The van der Waals surface area contributed by atoms with Gasteiger partial charge in [0.05, 0.1) is 19.3 Å². The first-order chi connectivity index (χ1) is 16.0. The lowest BCUT2D eigenvalue weighted by Gasteiger charge is -2.29. The molecule has 0 spiro atoms. The van der Waals surface area contributed by atoms with Crippen LogP contribution in [-0.4, -0.2) is 66.9 Å². The molecular formula is C25H28N2O6. The third-order valence-corrected chi connectivity index (χ3v) is 6.38. The summed E-state index contributed by atoms with van der Waals surface area (Å²) >= 11 is 0. The fourth-order valence-electron chi connectivity index (χ4n) is 4.75. The number of aliphatic carboxylic acids is 1. The normalized spacial score (nSPS) is 18.9. The number of benzene rings is 2. The highest BCUT2D eigenvalue weighted by molar-refractivity contribution is 5.80. The van der Waals surface area contributed by atoms with Crippen LogP contribution in [0.4, 0.5) is 4.79 Å². The molecular weight excluding hydrogens is 424 g/mol. The van der Waals surface area contributed by atoms with Crippen LogP contribution in [0.25, 0.3) is 11.1 Å². The standard InChI is InChI=1S/C25H28N2O6/c1-2-27(22-15-32-13-21(22)24(29)30)23(28)11-12-26-25(31)33-14-20-18-9-5-3-7-16(18)17-8-4-6-10-19(17)20/h3-10,20-22H,2,11-15H2,1H3,(H,26,31)(H,29,30). The number of fused-ring (bicyclic) bond motifs is 3. The van der Waals surface area contributed by atoms with Crippen LogP contribution in [0.15, 0.2) is 48.5 Å². The average Bonchev–Trinajstić information content (AvgIpc) is 3.42. The molecule has 2 N–H and O–H groups in total. The van der Waals surface area contributed by atoms with Gasteiger partial charge in [-0.1, -0.05) is 48.5 Å². The van der Waals surface area contributed by atoms with Crippen molar-refractivity contribution in [2.45, 2.75) is 25.3 Å². The molecule has 2 unspecified atom stereocenters. The third kappa shape index (κ3) is 4.71. The average molecular weight is 453 g/mol. The number of nitrogens with zero attached hydrogens (tertiary/aromatic N) is 1. The Morgan fingerprint density at radius 3 is 2.30 bits per heavy atom. The minimum atomic E-state index is -0.972. The molecule has 1 saturated heterocycles. The zero-order valence-electron chi connectivity index (χ0n) is 18.5. The van der Waals surface area contributed by atoms with E-state index in [1.807, 2.05) is 24.3 Å². The van der Waals surface area contributed by atoms with Gasteiger partial charge in [0, 0.05) is 25.4 Å². The number of likely N-dealkylation sites (N-methyl/N-ethyl adjacent to an activating group) is 1. The predicted molar refractivity (Wildman–Crippen MR) is 121 cm³/mol. The molecule has 0 radical (unpaired) electrons. The van der Waals surface area contributed by atoms with Crippen LogP contribution in [0, 0.1) is 5.92 Å². The van der Waals surface area contributed by atoms with E-state index < -0.39 is 24.0 Å². The van der Waals surface area contributed by atoms with Gasteiger partial charge in [0.25, 0.3) is 0 Å². The van der Waals surface area contributed by atoms with Crippen LogP contribution in [-0.2, 0) is 19.1 Å². The van der Waals surface area contributed by atoms with E-state index in [9.17, 15) is 19.5 Å². The number of amides is 2. The van der Waals surface area contributed by atoms with Gasteiger partial charge >= 0.3 is 12.1 Å². The minimum absolute atomic E-state index is 0.0318. The Kier molecular flexibility index (Phi) is 6.93. The summed E-state index contributed by atoms with van der Waals surface area (Å²) in [5, 5.41) is 12.0. The molecule has 0 bridgehead atoms. The number of ether oxygens (including phenoxy) is 2.